The number of piperazine rings is 1. The van der Waals surface area contributed by atoms with E-state index < -0.39 is 16.2 Å². The third kappa shape index (κ3) is 3.49. The van der Waals surface area contributed by atoms with Crippen molar-refractivity contribution in [3.63, 3.8) is 0 Å². The van der Waals surface area contributed by atoms with Crippen LogP contribution >= 0.6 is 0 Å². The number of carboxylic acid groups (broad SMARTS) is 1. The molecule has 1 N–H and O–H groups in total. The van der Waals surface area contributed by atoms with Gasteiger partial charge in [-0.1, -0.05) is 6.42 Å². The van der Waals surface area contributed by atoms with Gasteiger partial charge in [0.25, 0.3) is 10.2 Å². The molecule has 2 saturated heterocycles. The fourth-order valence-electron chi connectivity index (χ4n) is 2.87. The second-order valence-corrected chi connectivity index (χ2v) is 7.41. The molecule has 2 rings (SSSR count). The largest absolute Gasteiger partial charge is 0.480 e. The molecule has 8 heteroatoms. The maximum atomic E-state index is 12.6. The minimum absolute atomic E-state index is 0.0198. The fraction of sp³-hybridized carbons (Fsp3) is 0.917. The molecular formula is C12H23N3O4S. The number of hydrogen-bond acceptors (Lipinski definition) is 4. The van der Waals surface area contributed by atoms with Crippen LogP contribution in [0.25, 0.3) is 0 Å². The summed E-state index contributed by atoms with van der Waals surface area (Å²) in [6.07, 6.45) is 2.92. The van der Waals surface area contributed by atoms with E-state index in [9.17, 15) is 13.2 Å². The Morgan fingerprint density at radius 3 is 2.35 bits per heavy atom. The van der Waals surface area contributed by atoms with Crippen molar-refractivity contribution in [2.24, 2.45) is 0 Å². The lowest BCUT2D eigenvalue weighted by molar-refractivity contribution is -0.138. The molecule has 0 aromatic carbocycles. The van der Waals surface area contributed by atoms with E-state index in [2.05, 4.69) is 0 Å². The van der Waals surface area contributed by atoms with Crippen LogP contribution in [-0.4, -0.2) is 78.3 Å². The van der Waals surface area contributed by atoms with Gasteiger partial charge in [0.15, 0.2) is 0 Å². The Bertz CT molecular complexity index is 446. The first-order chi connectivity index (χ1) is 9.41. The van der Waals surface area contributed by atoms with Gasteiger partial charge in [0.1, 0.15) is 0 Å². The zero-order valence-corrected chi connectivity index (χ0v) is 12.7. The Morgan fingerprint density at radius 1 is 1.15 bits per heavy atom. The molecule has 1 atom stereocenters. The smallest absolute Gasteiger partial charge is 0.317 e. The predicted molar refractivity (Wildman–Crippen MR) is 74.6 cm³/mol. The molecule has 116 valence electrons. The lowest BCUT2D eigenvalue weighted by Gasteiger charge is -2.39. The van der Waals surface area contributed by atoms with Crippen LogP contribution in [0.1, 0.15) is 26.2 Å². The van der Waals surface area contributed by atoms with Crippen LogP contribution in [-0.2, 0) is 15.0 Å². The molecule has 0 bridgehead atoms. The van der Waals surface area contributed by atoms with Gasteiger partial charge in [-0.25, -0.2) is 0 Å². The van der Waals surface area contributed by atoms with E-state index >= 15 is 0 Å². The molecule has 0 aromatic heterocycles. The molecule has 2 heterocycles. The number of hydrogen-bond donors (Lipinski definition) is 1. The van der Waals surface area contributed by atoms with Crippen molar-refractivity contribution >= 4 is 16.2 Å². The average Bonchev–Trinajstić information content (AvgIpc) is 2.39. The van der Waals surface area contributed by atoms with Crippen molar-refractivity contribution in [3.05, 3.63) is 0 Å². The summed E-state index contributed by atoms with van der Waals surface area (Å²) in [5, 5.41) is 8.75. The Balaban J connectivity index is 1.96. The second kappa shape index (κ2) is 6.38. The zero-order chi connectivity index (χ0) is 14.8. The maximum Gasteiger partial charge on any atom is 0.317 e. The molecule has 2 aliphatic rings. The Kier molecular flexibility index (Phi) is 5.00. The van der Waals surface area contributed by atoms with Gasteiger partial charge < -0.3 is 5.11 Å². The topological polar surface area (TPSA) is 81.2 Å². The maximum absolute atomic E-state index is 12.6. The number of aliphatic carboxylic acids is 1. The molecule has 0 radical (unpaired) electrons. The summed E-state index contributed by atoms with van der Waals surface area (Å²) in [6, 6.07) is 0.0609. The normalized spacial score (nSPS) is 27.6. The summed E-state index contributed by atoms with van der Waals surface area (Å²) in [4.78, 5) is 12.4. The lowest BCUT2D eigenvalue weighted by atomic mass is 10.1. The van der Waals surface area contributed by atoms with Gasteiger partial charge in [0.05, 0.1) is 6.54 Å². The van der Waals surface area contributed by atoms with Crippen LogP contribution < -0.4 is 0 Å². The summed E-state index contributed by atoms with van der Waals surface area (Å²) in [7, 11) is -3.39. The molecule has 2 fully saturated rings. The SMILES string of the molecule is CC1CCCCN1S(=O)(=O)N1CCN(CC(=O)O)CC1. The highest BCUT2D eigenvalue weighted by atomic mass is 32.2. The van der Waals surface area contributed by atoms with Gasteiger partial charge in [-0.2, -0.15) is 17.0 Å². The molecule has 0 amide bonds. The van der Waals surface area contributed by atoms with Crippen LogP contribution in [0.2, 0.25) is 0 Å². The first-order valence-electron chi connectivity index (χ1n) is 7.12. The summed E-state index contributed by atoms with van der Waals surface area (Å²) < 4.78 is 28.3. The van der Waals surface area contributed by atoms with Gasteiger partial charge in [0, 0.05) is 38.8 Å². The monoisotopic (exact) mass is 305 g/mol. The average molecular weight is 305 g/mol. The van der Waals surface area contributed by atoms with Crippen molar-refractivity contribution in [2.75, 3.05) is 39.3 Å². The molecule has 7 nitrogen and oxygen atoms in total. The molecule has 0 aliphatic carbocycles. The fourth-order valence-corrected chi connectivity index (χ4v) is 4.71. The van der Waals surface area contributed by atoms with E-state index in [0.717, 1.165) is 19.3 Å². The van der Waals surface area contributed by atoms with Crippen LogP contribution in [0.5, 0.6) is 0 Å². The predicted octanol–water partition coefficient (Wildman–Crippen LogP) is -0.192. The highest BCUT2D eigenvalue weighted by Gasteiger charge is 2.36. The highest BCUT2D eigenvalue weighted by molar-refractivity contribution is 7.86. The van der Waals surface area contributed by atoms with Gasteiger partial charge in [-0.3, -0.25) is 9.69 Å². The van der Waals surface area contributed by atoms with E-state index in [1.807, 2.05) is 6.92 Å². The standard InChI is InChI=1S/C12H23N3O4S/c1-11-4-2-3-5-15(11)20(18,19)14-8-6-13(7-9-14)10-12(16)17/h11H,2-10H2,1H3,(H,16,17). The summed E-state index contributed by atoms with van der Waals surface area (Å²) >= 11 is 0. The summed E-state index contributed by atoms with van der Waals surface area (Å²) in [5.41, 5.74) is 0. The van der Waals surface area contributed by atoms with Crippen molar-refractivity contribution in [3.8, 4) is 0 Å². The molecule has 2 aliphatic heterocycles. The summed E-state index contributed by atoms with van der Waals surface area (Å²) in [5.74, 6) is -0.869. The van der Waals surface area contributed by atoms with Crippen LogP contribution in [0.15, 0.2) is 0 Å². The van der Waals surface area contributed by atoms with E-state index in [4.69, 9.17) is 5.11 Å². The molecular weight excluding hydrogens is 282 g/mol. The molecule has 0 aromatic rings. The van der Waals surface area contributed by atoms with E-state index in [0.29, 0.717) is 32.7 Å². The summed E-state index contributed by atoms with van der Waals surface area (Å²) in [6.45, 7) is 4.24. The Morgan fingerprint density at radius 2 is 1.80 bits per heavy atom. The molecule has 1 unspecified atom stereocenters. The third-order valence-electron chi connectivity index (χ3n) is 4.05. The molecule has 20 heavy (non-hydrogen) atoms. The van der Waals surface area contributed by atoms with E-state index in [1.165, 1.54) is 4.31 Å². The minimum Gasteiger partial charge on any atom is -0.480 e. The molecule has 0 spiro atoms. The second-order valence-electron chi connectivity index (χ2n) is 5.53. The first kappa shape index (κ1) is 15.7. The number of carbonyl (C=O) groups is 1. The lowest BCUT2D eigenvalue weighted by Crippen LogP contribution is -2.56. The van der Waals surface area contributed by atoms with E-state index in [-0.39, 0.29) is 12.6 Å². The number of rotatable bonds is 4. The minimum atomic E-state index is -3.39. The van der Waals surface area contributed by atoms with Crippen LogP contribution in [0.4, 0.5) is 0 Å². The number of carboxylic acids is 1. The Hall–Kier alpha value is -0.700. The van der Waals surface area contributed by atoms with Crippen LogP contribution in [0, 0.1) is 0 Å². The quantitative estimate of drug-likeness (QED) is 0.778. The molecule has 0 saturated carbocycles. The van der Waals surface area contributed by atoms with Crippen molar-refractivity contribution in [1.29, 1.82) is 0 Å². The van der Waals surface area contributed by atoms with E-state index in [1.54, 1.807) is 9.21 Å². The van der Waals surface area contributed by atoms with Gasteiger partial charge in [0.2, 0.25) is 0 Å². The number of piperidine rings is 1. The van der Waals surface area contributed by atoms with Crippen molar-refractivity contribution in [1.82, 2.24) is 13.5 Å². The highest BCUT2D eigenvalue weighted by Crippen LogP contribution is 2.22. The van der Waals surface area contributed by atoms with Gasteiger partial charge >= 0.3 is 5.97 Å². The van der Waals surface area contributed by atoms with Gasteiger partial charge in [-0.05, 0) is 19.8 Å². The third-order valence-corrected chi connectivity index (χ3v) is 6.21. The van der Waals surface area contributed by atoms with Crippen LogP contribution in [0.3, 0.4) is 0 Å². The van der Waals surface area contributed by atoms with Crippen molar-refractivity contribution in [2.45, 2.75) is 32.2 Å². The van der Waals surface area contributed by atoms with Crippen molar-refractivity contribution < 1.29 is 18.3 Å². The first-order valence-corrected chi connectivity index (χ1v) is 8.52. The number of nitrogens with zero attached hydrogens (tertiary/aromatic N) is 3. The zero-order valence-electron chi connectivity index (χ0n) is 11.9. The Labute approximate surface area is 120 Å². The van der Waals surface area contributed by atoms with Gasteiger partial charge in [-0.15, -0.1) is 0 Å².